The molecule has 0 bridgehead atoms. The van der Waals surface area contributed by atoms with Gasteiger partial charge < -0.3 is 10.5 Å². The van der Waals surface area contributed by atoms with Crippen LogP contribution in [-0.4, -0.2) is 46.6 Å². The van der Waals surface area contributed by atoms with Crippen LogP contribution in [-0.2, 0) is 11.3 Å². The van der Waals surface area contributed by atoms with Crippen molar-refractivity contribution in [3.63, 3.8) is 0 Å². The van der Waals surface area contributed by atoms with Crippen molar-refractivity contribution in [2.75, 3.05) is 26.2 Å². The van der Waals surface area contributed by atoms with Crippen LogP contribution in [0.4, 0.5) is 0 Å². The maximum absolute atomic E-state index is 12.2. The fraction of sp³-hybridized carbons (Fsp3) is 0.467. The molecule has 3 heterocycles. The van der Waals surface area contributed by atoms with E-state index in [1.54, 1.807) is 10.5 Å². The summed E-state index contributed by atoms with van der Waals surface area (Å²) in [6.07, 6.45) is 1.89. The topological polar surface area (TPSA) is 72.9 Å². The van der Waals surface area contributed by atoms with Gasteiger partial charge in [0.25, 0.3) is 5.56 Å². The highest BCUT2D eigenvalue weighted by Crippen LogP contribution is 2.09. The predicted molar refractivity (Wildman–Crippen MR) is 87.5 cm³/mol. The Morgan fingerprint density at radius 3 is 3.05 bits per heavy atom. The molecule has 1 saturated heterocycles. The van der Waals surface area contributed by atoms with Crippen molar-refractivity contribution < 1.29 is 4.74 Å². The van der Waals surface area contributed by atoms with Crippen LogP contribution in [0.1, 0.15) is 11.3 Å². The Balaban J connectivity index is 0.00000176. The molecule has 2 aromatic heterocycles. The van der Waals surface area contributed by atoms with E-state index in [9.17, 15) is 4.79 Å². The number of ether oxygens (including phenoxy) is 1. The lowest BCUT2D eigenvalue weighted by Crippen LogP contribution is -2.45. The van der Waals surface area contributed by atoms with Gasteiger partial charge in [0, 0.05) is 38.4 Å². The Kier molecular flexibility index (Phi) is 5.52. The van der Waals surface area contributed by atoms with E-state index in [2.05, 4.69) is 9.88 Å². The van der Waals surface area contributed by atoms with E-state index in [1.807, 2.05) is 25.3 Å². The Morgan fingerprint density at radius 1 is 1.45 bits per heavy atom. The Labute approximate surface area is 135 Å². The van der Waals surface area contributed by atoms with Crippen LogP contribution >= 0.6 is 12.4 Å². The van der Waals surface area contributed by atoms with Crippen molar-refractivity contribution in [1.82, 2.24) is 14.3 Å². The van der Waals surface area contributed by atoms with Gasteiger partial charge >= 0.3 is 0 Å². The number of aromatic nitrogens is 2. The molecule has 1 aliphatic heterocycles. The van der Waals surface area contributed by atoms with Gasteiger partial charge in [0.15, 0.2) is 0 Å². The van der Waals surface area contributed by atoms with Crippen LogP contribution in [0.3, 0.4) is 0 Å². The SMILES string of the molecule is Cc1ccc2nc(CN3CCOC(CN)C3)cc(=O)n2c1.Cl. The summed E-state index contributed by atoms with van der Waals surface area (Å²) >= 11 is 0. The molecule has 1 unspecified atom stereocenters. The Hall–Kier alpha value is -1.47. The van der Waals surface area contributed by atoms with Crippen molar-refractivity contribution in [2.24, 2.45) is 5.73 Å². The average Bonchev–Trinajstić information content (AvgIpc) is 2.48. The molecule has 0 spiro atoms. The number of halogens is 1. The zero-order chi connectivity index (χ0) is 14.8. The van der Waals surface area contributed by atoms with Gasteiger partial charge in [-0.15, -0.1) is 12.4 Å². The van der Waals surface area contributed by atoms with E-state index in [0.29, 0.717) is 25.3 Å². The molecular weight excluding hydrogens is 304 g/mol. The maximum atomic E-state index is 12.2. The number of rotatable bonds is 3. The van der Waals surface area contributed by atoms with Crippen LogP contribution in [0.5, 0.6) is 0 Å². The van der Waals surface area contributed by atoms with Crippen molar-refractivity contribution in [3.8, 4) is 0 Å². The minimum atomic E-state index is -0.0395. The van der Waals surface area contributed by atoms with Gasteiger partial charge in [0.1, 0.15) is 5.65 Å². The highest BCUT2D eigenvalue weighted by Gasteiger charge is 2.19. The number of nitrogens with zero attached hydrogens (tertiary/aromatic N) is 3. The van der Waals surface area contributed by atoms with E-state index in [1.165, 1.54) is 0 Å². The van der Waals surface area contributed by atoms with Gasteiger partial charge in [-0.05, 0) is 18.6 Å². The van der Waals surface area contributed by atoms with Crippen LogP contribution in [0.25, 0.3) is 5.65 Å². The first-order valence-electron chi connectivity index (χ1n) is 7.18. The third kappa shape index (κ3) is 3.64. The third-order valence-electron chi connectivity index (χ3n) is 3.73. The summed E-state index contributed by atoms with van der Waals surface area (Å²) < 4.78 is 7.13. The second-order valence-electron chi connectivity index (χ2n) is 5.48. The number of aryl methyl sites for hydroxylation is 1. The normalized spacial score (nSPS) is 19.1. The molecule has 0 saturated carbocycles. The lowest BCUT2D eigenvalue weighted by Gasteiger charge is -2.31. The van der Waals surface area contributed by atoms with E-state index < -0.39 is 0 Å². The van der Waals surface area contributed by atoms with Crippen molar-refractivity contribution in [1.29, 1.82) is 0 Å². The molecule has 0 aliphatic carbocycles. The number of hydrogen-bond donors (Lipinski definition) is 1. The predicted octanol–water partition coefficient (Wildman–Crippen LogP) is 0.584. The summed E-state index contributed by atoms with van der Waals surface area (Å²) in [5, 5.41) is 0. The fourth-order valence-electron chi connectivity index (χ4n) is 2.63. The fourth-order valence-corrected chi connectivity index (χ4v) is 2.63. The minimum Gasteiger partial charge on any atom is -0.374 e. The zero-order valence-electron chi connectivity index (χ0n) is 12.6. The van der Waals surface area contributed by atoms with Crippen molar-refractivity contribution in [2.45, 2.75) is 19.6 Å². The van der Waals surface area contributed by atoms with Gasteiger partial charge in [0.05, 0.1) is 18.4 Å². The smallest absolute Gasteiger partial charge is 0.258 e. The molecular formula is C15H21ClN4O2. The van der Waals surface area contributed by atoms with Gasteiger partial charge in [-0.1, -0.05) is 6.07 Å². The summed E-state index contributed by atoms with van der Waals surface area (Å²) in [6.45, 7) is 5.42. The number of hydrogen-bond acceptors (Lipinski definition) is 5. The monoisotopic (exact) mass is 324 g/mol. The highest BCUT2D eigenvalue weighted by molar-refractivity contribution is 5.85. The summed E-state index contributed by atoms with van der Waals surface area (Å²) in [6, 6.07) is 5.45. The van der Waals surface area contributed by atoms with E-state index in [-0.39, 0.29) is 24.1 Å². The maximum Gasteiger partial charge on any atom is 0.258 e. The summed E-state index contributed by atoms with van der Waals surface area (Å²) in [5.74, 6) is 0. The van der Waals surface area contributed by atoms with Crippen LogP contribution in [0.15, 0.2) is 29.2 Å². The molecule has 0 radical (unpaired) electrons. The highest BCUT2D eigenvalue weighted by atomic mass is 35.5. The first-order chi connectivity index (χ1) is 10.2. The number of pyridine rings is 1. The van der Waals surface area contributed by atoms with Gasteiger partial charge in [-0.2, -0.15) is 0 Å². The number of morpholine rings is 1. The van der Waals surface area contributed by atoms with Gasteiger partial charge in [-0.3, -0.25) is 14.1 Å². The standard InChI is InChI=1S/C15H20N4O2.ClH/c1-11-2-3-14-17-12(6-15(20)19(14)8-11)9-18-4-5-21-13(7-16)10-18;/h2-3,6,8,13H,4-5,7,9-10,16H2,1H3;1H. The molecule has 120 valence electrons. The molecule has 1 aliphatic rings. The Morgan fingerprint density at radius 2 is 2.27 bits per heavy atom. The molecule has 1 atom stereocenters. The van der Waals surface area contributed by atoms with Crippen LogP contribution in [0, 0.1) is 6.92 Å². The second-order valence-corrected chi connectivity index (χ2v) is 5.48. The minimum absolute atomic E-state index is 0. The van der Waals surface area contributed by atoms with Crippen LogP contribution in [0.2, 0.25) is 0 Å². The molecule has 1 fully saturated rings. The Bertz CT molecular complexity index is 703. The summed E-state index contributed by atoms with van der Waals surface area (Å²) in [5.41, 5.74) is 8.13. The lowest BCUT2D eigenvalue weighted by molar-refractivity contribution is -0.0264. The van der Waals surface area contributed by atoms with Crippen molar-refractivity contribution >= 4 is 18.1 Å². The molecule has 7 heteroatoms. The first-order valence-corrected chi connectivity index (χ1v) is 7.18. The number of fused-ring (bicyclic) bond motifs is 1. The zero-order valence-corrected chi connectivity index (χ0v) is 13.4. The quantitative estimate of drug-likeness (QED) is 0.894. The second kappa shape index (κ2) is 7.19. The van der Waals surface area contributed by atoms with E-state index in [4.69, 9.17) is 10.5 Å². The molecule has 3 rings (SSSR count). The van der Waals surface area contributed by atoms with E-state index in [0.717, 1.165) is 24.3 Å². The largest absolute Gasteiger partial charge is 0.374 e. The lowest BCUT2D eigenvalue weighted by atomic mass is 10.2. The molecule has 0 aromatic carbocycles. The van der Waals surface area contributed by atoms with Gasteiger partial charge in [0.2, 0.25) is 0 Å². The molecule has 2 N–H and O–H groups in total. The average molecular weight is 325 g/mol. The molecule has 22 heavy (non-hydrogen) atoms. The molecule has 6 nitrogen and oxygen atoms in total. The molecule has 0 amide bonds. The molecule has 2 aromatic rings. The van der Waals surface area contributed by atoms with Crippen molar-refractivity contribution in [3.05, 3.63) is 46.0 Å². The van der Waals surface area contributed by atoms with Crippen LogP contribution < -0.4 is 11.3 Å². The first kappa shape index (κ1) is 16.9. The summed E-state index contributed by atoms with van der Waals surface area (Å²) in [7, 11) is 0. The summed E-state index contributed by atoms with van der Waals surface area (Å²) in [4.78, 5) is 19.0. The number of nitrogens with two attached hydrogens (primary N) is 1. The van der Waals surface area contributed by atoms with Gasteiger partial charge in [-0.25, -0.2) is 4.98 Å². The van der Waals surface area contributed by atoms with E-state index >= 15 is 0 Å². The third-order valence-corrected chi connectivity index (χ3v) is 3.73.